The minimum absolute atomic E-state index is 0.0493. The highest BCUT2D eigenvalue weighted by atomic mass is 16.5. The summed E-state index contributed by atoms with van der Waals surface area (Å²) in [4.78, 5) is 48.1. The van der Waals surface area contributed by atoms with E-state index in [1.807, 2.05) is 29.2 Å². The number of piperazine rings is 2. The van der Waals surface area contributed by atoms with Crippen molar-refractivity contribution in [2.75, 3.05) is 90.0 Å². The van der Waals surface area contributed by atoms with Gasteiger partial charge in [-0.05, 0) is 62.4 Å². The van der Waals surface area contributed by atoms with E-state index in [0.29, 0.717) is 75.1 Å². The molecule has 5 rings (SSSR count). The molecule has 2 aromatic carbocycles. The number of carbonyl (C=O) groups excluding carboxylic acids is 3. The van der Waals surface area contributed by atoms with Crippen LogP contribution in [0.2, 0.25) is 0 Å². The normalized spacial score (nSPS) is 16.2. The van der Waals surface area contributed by atoms with Crippen LogP contribution in [0.5, 0.6) is 5.75 Å². The van der Waals surface area contributed by atoms with Gasteiger partial charge < -0.3 is 23.9 Å². The number of rotatable bonds is 12. The third-order valence-electron chi connectivity index (χ3n) is 8.59. The minimum atomic E-state index is -0.158. The van der Waals surface area contributed by atoms with Crippen molar-refractivity contribution in [2.24, 2.45) is 0 Å². The molecule has 0 saturated carbocycles. The summed E-state index contributed by atoms with van der Waals surface area (Å²) >= 11 is 0. The van der Waals surface area contributed by atoms with E-state index < -0.39 is 0 Å². The molecule has 44 heavy (non-hydrogen) atoms. The number of hydrogen-bond donors (Lipinski definition) is 0. The third-order valence-corrected chi connectivity index (χ3v) is 8.59. The summed E-state index contributed by atoms with van der Waals surface area (Å²) in [6, 6.07) is 15.0. The van der Waals surface area contributed by atoms with Gasteiger partial charge in [-0.15, -0.1) is 0 Å². The Morgan fingerprint density at radius 2 is 1.52 bits per heavy atom. The quantitative estimate of drug-likeness (QED) is 0.231. The number of ketones is 1. The monoisotopic (exact) mass is 601 g/mol. The van der Waals surface area contributed by atoms with Crippen LogP contribution in [-0.2, 0) is 9.59 Å². The Morgan fingerprint density at radius 1 is 0.864 bits per heavy atom. The zero-order chi connectivity index (χ0) is 31.1. The SMILES string of the molecule is C=CC(=O)N1CCN(CC(=O)N2CCN(CCOc3ccc(C(=O)c4cc5ccc(N(CC)CC)cc5o4)cc3)CC2)CC1. The molecular formula is C34H43N5O5. The highest BCUT2D eigenvalue weighted by molar-refractivity contribution is 6.09. The Hall–Kier alpha value is -4.15. The van der Waals surface area contributed by atoms with E-state index in [1.165, 1.54) is 6.08 Å². The highest BCUT2D eigenvalue weighted by Gasteiger charge is 2.25. The summed E-state index contributed by atoms with van der Waals surface area (Å²) in [7, 11) is 0. The standard InChI is InChI=1S/C34H43N5O5/c1-4-32(40)38-19-15-36(16-20-38)25-33(41)39-17-13-35(14-18-39)21-22-43-29-11-8-26(9-12-29)34(42)31-23-27-7-10-28(24-30(27)44-31)37(5-2)6-3/h4,7-12,23-24H,1,5-6,13-22,25H2,2-3H3. The van der Waals surface area contributed by atoms with Gasteiger partial charge in [0.2, 0.25) is 17.6 Å². The number of anilines is 1. The summed E-state index contributed by atoms with van der Waals surface area (Å²) in [6.07, 6.45) is 1.34. The van der Waals surface area contributed by atoms with Gasteiger partial charge in [-0.25, -0.2) is 0 Å². The van der Waals surface area contributed by atoms with Crippen LogP contribution in [0.1, 0.15) is 30.0 Å². The number of furan rings is 1. The van der Waals surface area contributed by atoms with Crippen LogP contribution in [0.4, 0.5) is 5.69 Å². The number of benzene rings is 2. The topological polar surface area (TPSA) is 89.8 Å². The van der Waals surface area contributed by atoms with Gasteiger partial charge >= 0.3 is 0 Å². The lowest BCUT2D eigenvalue weighted by atomic mass is 10.1. The fraction of sp³-hybridized carbons (Fsp3) is 0.441. The summed E-state index contributed by atoms with van der Waals surface area (Å²) in [5.41, 5.74) is 2.34. The van der Waals surface area contributed by atoms with Crippen LogP contribution in [0.3, 0.4) is 0 Å². The van der Waals surface area contributed by atoms with Crippen LogP contribution < -0.4 is 9.64 Å². The molecule has 234 valence electrons. The van der Waals surface area contributed by atoms with Crippen LogP contribution in [0.25, 0.3) is 11.0 Å². The highest BCUT2D eigenvalue weighted by Crippen LogP contribution is 2.27. The van der Waals surface area contributed by atoms with Crippen molar-refractivity contribution in [3.63, 3.8) is 0 Å². The molecule has 2 aliphatic heterocycles. The fourth-order valence-corrected chi connectivity index (χ4v) is 5.82. The van der Waals surface area contributed by atoms with E-state index in [4.69, 9.17) is 9.15 Å². The van der Waals surface area contributed by atoms with Gasteiger partial charge in [-0.1, -0.05) is 6.58 Å². The Balaban J connectivity index is 1.03. The molecule has 0 unspecified atom stereocenters. The van der Waals surface area contributed by atoms with Gasteiger partial charge in [0.25, 0.3) is 0 Å². The fourth-order valence-electron chi connectivity index (χ4n) is 5.82. The second-order valence-corrected chi connectivity index (χ2v) is 11.2. The average Bonchev–Trinajstić information content (AvgIpc) is 3.49. The number of ether oxygens (including phenoxy) is 1. The molecule has 3 aromatic rings. The van der Waals surface area contributed by atoms with Gasteiger partial charge in [-0.2, -0.15) is 0 Å². The van der Waals surface area contributed by atoms with E-state index in [-0.39, 0.29) is 17.6 Å². The number of carbonyl (C=O) groups is 3. The van der Waals surface area contributed by atoms with Crippen molar-refractivity contribution >= 4 is 34.3 Å². The first-order valence-corrected chi connectivity index (χ1v) is 15.6. The third kappa shape index (κ3) is 7.49. The minimum Gasteiger partial charge on any atom is -0.492 e. The van der Waals surface area contributed by atoms with E-state index in [1.54, 1.807) is 23.1 Å². The van der Waals surface area contributed by atoms with E-state index >= 15 is 0 Å². The molecule has 2 fully saturated rings. The Morgan fingerprint density at radius 3 is 2.18 bits per heavy atom. The smallest absolute Gasteiger partial charge is 0.246 e. The van der Waals surface area contributed by atoms with Crippen molar-refractivity contribution in [3.8, 4) is 5.75 Å². The molecule has 3 heterocycles. The first kappa shape index (κ1) is 31.3. The largest absolute Gasteiger partial charge is 0.492 e. The van der Waals surface area contributed by atoms with Crippen molar-refractivity contribution in [3.05, 3.63) is 72.5 Å². The Labute approximate surface area is 259 Å². The van der Waals surface area contributed by atoms with Gasteiger partial charge in [0, 0.05) is 94.7 Å². The lowest BCUT2D eigenvalue weighted by Crippen LogP contribution is -2.54. The molecule has 0 radical (unpaired) electrons. The summed E-state index contributed by atoms with van der Waals surface area (Å²) < 4.78 is 11.9. The summed E-state index contributed by atoms with van der Waals surface area (Å²) in [5.74, 6) is 0.969. The van der Waals surface area contributed by atoms with E-state index in [0.717, 1.165) is 43.8 Å². The second-order valence-electron chi connectivity index (χ2n) is 11.2. The molecular weight excluding hydrogens is 558 g/mol. The van der Waals surface area contributed by atoms with Crippen molar-refractivity contribution in [2.45, 2.75) is 13.8 Å². The first-order valence-electron chi connectivity index (χ1n) is 15.6. The van der Waals surface area contributed by atoms with Crippen LogP contribution >= 0.6 is 0 Å². The average molecular weight is 602 g/mol. The Kier molecular flexibility index (Phi) is 10.3. The lowest BCUT2D eigenvalue weighted by Gasteiger charge is -2.37. The molecule has 2 aliphatic rings. The molecule has 0 spiro atoms. The molecule has 10 nitrogen and oxygen atoms in total. The van der Waals surface area contributed by atoms with Crippen molar-refractivity contribution < 1.29 is 23.5 Å². The maximum atomic E-state index is 13.1. The van der Waals surface area contributed by atoms with Gasteiger partial charge in [0.05, 0.1) is 6.54 Å². The zero-order valence-corrected chi connectivity index (χ0v) is 25.9. The van der Waals surface area contributed by atoms with Crippen molar-refractivity contribution in [1.29, 1.82) is 0 Å². The number of hydrogen-bond acceptors (Lipinski definition) is 8. The van der Waals surface area contributed by atoms with Crippen LogP contribution in [0.15, 0.2) is 65.6 Å². The molecule has 2 saturated heterocycles. The predicted octanol–water partition coefficient (Wildman–Crippen LogP) is 3.36. The van der Waals surface area contributed by atoms with E-state index in [2.05, 4.69) is 41.2 Å². The molecule has 0 N–H and O–H groups in total. The number of fused-ring (bicyclic) bond motifs is 1. The van der Waals surface area contributed by atoms with Gasteiger partial charge in [0.15, 0.2) is 5.76 Å². The van der Waals surface area contributed by atoms with Gasteiger partial charge in [0.1, 0.15) is 17.9 Å². The van der Waals surface area contributed by atoms with Gasteiger partial charge in [-0.3, -0.25) is 24.2 Å². The van der Waals surface area contributed by atoms with E-state index in [9.17, 15) is 14.4 Å². The van der Waals surface area contributed by atoms with Crippen LogP contribution in [-0.4, -0.2) is 122 Å². The van der Waals surface area contributed by atoms with Crippen LogP contribution in [0, 0.1) is 0 Å². The second kappa shape index (κ2) is 14.5. The predicted molar refractivity (Wildman–Crippen MR) is 171 cm³/mol. The summed E-state index contributed by atoms with van der Waals surface area (Å²) in [6.45, 7) is 16.9. The maximum Gasteiger partial charge on any atom is 0.246 e. The van der Waals surface area contributed by atoms with Crippen molar-refractivity contribution in [1.82, 2.24) is 19.6 Å². The molecule has 0 bridgehead atoms. The summed E-state index contributed by atoms with van der Waals surface area (Å²) in [5, 5.41) is 0.908. The lowest BCUT2D eigenvalue weighted by molar-refractivity contribution is -0.135. The first-order chi connectivity index (χ1) is 21.4. The zero-order valence-electron chi connectivity index (χ0n) is 25.9. The maximum absolute atomic E-state index is 13.1. The molecule has 0 atom stereocenters. The number of nitrogens with zero attached hydrogens (tertiary/aromatic N) is 5. The molecule has 0 aliphatic carbocycles. The number of amides is 2. The molecule has 10 heteroatoms. The molecule has 2 amide bonds. The Bertz CT molecular complexity index is 1450. The molecule has 1 aromatic heterocycles.